The molecule has 0 spiro atoms. The quantitative estimate of drug-likeness (QED) is 0.466. The maximum Gasteiger partial charge on any atom is 0.237 e. The molecular formula is C14H12Br3NO2. The molecule has 2 aliphatic rings. The van der Waals surface area contributed by atoms with Crippen molar-refractivity contribution in [1.82, 2.24) is 0 Å². The number of imide groups is 1. The van der Waals surface area contributed by atoms with Gasteiger partial charge in [0.15, 0.2) is 0 Å². The normalized spacial score (nSPS) is 33.5. The summed E-state index contributed by atoms with van der Waals surface area (Å²) in [6, 6.07) is 7.29. The van der Waals surface area contributed by atoms with Crippen molar-refractivity contribution in [3.05, 3.63) is 28.7 Å². The molecule has 1 aromatic carbocycles. The molecule has 106 valence electrons. The van der Waals surface area contributed by atoms with E-state index in [2.05, 4.69) is 47.8 Å². The van der Waals surface area contributed by atoms with Gasteiger partial charge in [0.2, 0.25) is 11.8 Å². The van der Waals surface area contributed by atoms with Gasteiger partial charge in [0.1, 0.15) is 0 Å². The van der Waals surface area contributed by atoms with Crippen molar-refractivity contribution in [3.63, 3.8) is 0 Å². The molecule has 0 N–H and O–H groups in total. The number of anilines is 1. The minimum atomic E-state index is -0.190. The van der Waals surface area contributed by atoms with Crippen LogP contribution in [-0.2, 0) is 9.59 Å². The van der Waals surface area contributed by atoms with Gasteiger partial charge in [-0.05, 0) is 37.1 Å². The molecule has 1 heterocycles. The van der Waals surface area contributed by atoms with E-state index in [1.807, 2.05) is 12.1 Å². The molecule has 1 saturated heterocycles. The van der Waals surface area contributed by atoms with Crippen molar-refractivity contribution in [2.75, 3.05) is 4.90 Å². The number of alkyl halides is 2. The second kappa shape index (κ2) is 5.54. The van der Waals surface area contributed by atoms with Crippen LogP contribution in [-0.4, -0.2) is 21.5 Å². The van der Waals surface area contributed by atoms with Gasteiger partial charge in [0, 0.05) is 14.1 Å². The fourth-order valence-corrected chi connectivity index (χ4v) is 4.44. The topological polar surface area (TPSA) is 37.4 Å². The average molecular weight is 466 g/mol. The van der Waals surface area contributed by atoms with E-state index < -0.39 is 0 Å². The summed E-state index contributed by atoms with van der Waals surface area (Å²) in [6.45, 7) is 0. The van der Waals surface area contributed by atoms with Crippen molar-refractivity contribution in [3.8, 4) is 0 Å². The summed E-state index contributed by atoms with van der Waals surface area (Å²) in [6.07, 6.45) is 1.41. The number of hydrogen-bond donors (Lipinski definition) is 0. The lowest BCUT2D eigenvalue weighted by Gasteiger charge is -2.29. The Hall–Kier alpha value is -0.200. The monoisotopic (exact) mass is 463 g/mol. The highest BCUT2D eigenvalue weighted by Crippen LogP contribution is 2.44. The summed E-state index contributed by atoms with van der Waals surface area (Å²) < 4.78 is 0.929. The Bertz CT molecular complexity index is 532. The Labute approximate surface area is 142 Å². The molecule has 1 saturated carbocycles. The first kappa shape index (κ1) is 14.7. The van der Waals surface area contributed by atoms with E-state index in [1.165, 1.54) is 4.90 Å². The first-order valence-corrected chi connectivity index (χ1v) is 9.03. The number of carbonyl (C=O) groups excluding carboxylic acids is 2. The Kier molecular flexibility index (Phi) is 4.08. The lowest BCUT2D eigenvalue weighted by Crippen LogP contribution is -2.34. The van der Waals surface area contributed by atoms with Crippen LogP contribution in [0, 0.1) is 11.8 Å². The van der Waals surface area contributed by atoms with E-state index in [0.29, 0.717) is 18.5 Å². The van der Waals surface area contributed by atoms with Crippen LogP contribution < -0.4 is 4.90 Å². The van der Waals surface area contributed by atoms with Crippen LogP contribution >= 0.6 is 47.8 Å². The minimum Gasteiger partial charge on any atom is -0.274 e. The van der Waals surface area contributed by atoms with Gasteiger partial charge in [0.25, 0.3) is 0 Å². The highest BCUT2D eigenvalue weighted by molar-refractivity contribution is 9.12. The fourth-order valence-electron chi connectivity index (χ4n) is 2.94. The molecule has 0 bridgehead atoms. The van der Waals surface area contributed by atoms with Gasteiger partial charge in [-0.25, -0.2) is 0 Å². The molecule has 0 unspecified atom stereocenters. The van der Waals surface area contributed by atoms with Crippen LogP contribution in [0.5, 0.6) is 0 Å². The lowest BCUT2D eigenvalue weighted by atomic mass is 9.81. The molecule has 1 aliphatic heterocycles. The van der Waals surface area contributed by atoms with E-state index >= 15 is 0 Å². The third kappa shape index (κ3) is 2.40. The summed E-state index contributed by atoms with van der Waals surface area (Å²) in [5.74, 6) is -0.508. The van der Waals surface area contributed by atoms with Gasteiger partial charge >= 0.3 is 0 Å². The molecule has 0 radical (unpaired) electrons. The van der Waals surface area contributed by atoms with Gasteiger partial charge in [-0.15, -0.1) is 0 Å². The van der Waals surface area contributed by atoms with Crippen LogP contribution in [0.2, 0.25) is 0 Å². The molecule has 1 aromatic rings. The SMILES string of the molecule is O=C1[C@@H]2C[C@@H](Br)[C@@H](Br)C[C@H]2C(=O)N1c1ccc(Br)cc1. The van der Waals surface area contributed by atoms with E-state index in [-0.39, 0.29) is 33.3 Å². The highest BCUT2D eigenvalue weighted by Gasteiger charge is 2.52. The molecule has 20 heavy (non-hydrogen) atoms. The van der Waals surface area contributed by atoms with Crippen LogP contribution in [0.15, 0.2) is 28.7 Å². The Morgan fingerprint density at radius 1 is 0.900 bits per heavy atom. The van der Waals surface area contributed by atoms with Gasteiger partial charge in [-0.1, -0.05) is 47.8 Å². The number of amides is 2. The smallest absolute Gasteiger partial charge is 0.237 e. The third-order valence-electron chi connectivity index (χ3n) is 4.00. The van der Waals surface area contributed by atoms with Crippen molar-refractivity contribution < 1.29 is 9.59 Å². The summed E-state index contributed by atoms with van der Waals surface area (Å²) in [4.78, 5) is 26.9. The minimum absolute atomic E-state index is 0.0637. The van der Waals surface area contributed by atoms with E-state index in [1.54, 1.807) is 12.1 Å². The van der Waals surface area contributed by atoms with Gasteiger partial charge < -0.3 is 0 Å². The Morgan fingerprint density at radius 2 is 1.35 bits per heavy atom. The van der Waals surface area contributed by atoms with Gasteiger partial charge in [-0.2, -0.15) is 0 Å². The first-order chi connectivity index (χ1) is 9.49. The standard InChI is InChI=1S/C14H12Br3NO2/c15-7-1-3-8(4-2-7)18-13(19)9-5-11(16)12(17)6-10(9)14(18)20/h1-4,9-12H,5-6H2/t9-,10-,11-,12+/m1/s1. The van der Waals surface area contributed by atoms with Crippen LogP contribution in [0.4, 0.5) is 5.69 Å². The van der Waals surface area contributed by atoms with E-state index in [0.717, 1.165) is 4.47 Å². The molecule has 3 nitrogen and oxygen atoms in total. The lowest BCUT2D eigenvalue weighted by molar-refractivity contribution is -0.122. The molecular weight excluding hydrogens is 454 g/mol. The molecule has 3 rings (SSSR count). The maximum absolute atomic E-state index is 12.5. The zero-order valence-electron chi connectivity index (χ0n) is 10.4. The van der Waals surface area contributed by atoms with Crippen molar-refractivity contribution in [2.45, 2.75) is 22.5 Å². The number of benzene rings is 1. The summed E-state index contributed by atoms with van der Waals surface area (Å²) >= 11 is 10.5. The molecule has 0 aromatic heterocycles. The van der Waals surface area contributed by atoms with Crippen LogP contribution in [0.25, 0.3) is 0 Å². The second-order valence-corrected chi connectivity index (χ2v) is 8.47. The zero-order chi connectivity index (χ0) is 14.4. The first-order valence-electron chi connectivity index (χ1n) is 6.40. The predicted molar refractivity (Wildman–Crippen MR) is 88.3 cm³/mol. The van der Waals surface area contributed by atoms with Gasteiger partial charge in [-0.3, -0.25) is 14.5 Å². The van der Waals surface area contributed by atoms with Crippen molar-refractivity contribution in [2.24, 2.45) is 11.8 Å². The number of carbonyl (C=O) groups is 2. The Morgan fingerprint density at radius 3 is 1.80 bits per heavy atom. The largest absolute Gasteiger partial charge is 0.274 e. The summed E-state index contributed by atoms with van der Waals surface area (Å²) in [5, 5.41) is 0. The zero-order valence-corrected chi connectivity index (χ0v) is 15.2. The van der Waals surface area contributed by atoms with E-state index in [4.69, 9.17) is 0 Å². The summed E-state index contributed by atoms with van der Waals surface area (Å²) in [5.41, 5.74) is 0.662. The third-order valence-corrected chi connectivity index (χ3v) is 7.26. The number of nitrogens with zero attached hydrogens (tertiary/aromatic N) is 1. The highest BCUT2D eigenvalue weighted by atomic mass is 79.9. The average Bonchev–Trinajstić information content (AvgIpc) is 2.65. The van der Waals surface area contributed by atoms with Crippen LogP contribution in [0.3, 0.4) is 0 Å². The molecule has 6 heteroatoms. The molecule has 1 aliphatic carbocycles. The second-order valence-electron chi connectivity index (χ2n) is 5.20. The van der Waals surface area contributed by atoms with Crippen molar-refractivity contribution in [1.29, 1.82) is 0 Å². The fraction of sp³-hybridized carbons (Fsp3) is 0.429. The van der Waals surface area contributed by atoms with Crippen LogP contribution in [0.1, 0.15) is 12.8 Å². The van der Waals surface area contributed by atoms with Crippen molar-refractivity contribution >= 4 is 65.3 Å². The Balaban J connectivity index is 1.93. The number of rotatable bonds is 1. The van der Waals surface area contributed by atoms with Gasteiger partial charge in [0.05, 0.1) is 17.5 Å². The number of hydrogen-bond acceptors (Lipinski definition) is 2. The molecule has 2 amide bonds. The number of fused-ring (bicyclic) bond motifs is 1. The summed E-state index contributed by atoms with van der Waals surface area (Å²) in [7, 11) is 0. The number of halogens is 3. The molecule has 4 atom stereocenters. The molecule has 2 fully saturated rings. The maximum atomic E-state index is 12.5. The van der Waals surface area contributed by atoms with E-state index in [9.17, 15) is 9.59 Å². The predicted octanol–water partition coefficient (Wildman–Crippen LogP) is 3.88.